The number of carbonyl (C=O) groups excluding carboxylic acids is 3. The SMILES string of the molecule is CC(=O)OCCn1nnnc1[C@@H](COCc1ccccc1)NC(=O)C(C)(C)NC(=O)OC(C)(C)C. The minimum Gasteiger partial charge on any atom is -0.464 e. The first-order chi connectivity index (χ1) is 16.4. The van der Waals surface area contributed by atoms with Crippen LogP contribution in [0.5, 0.6) is 0 Å². The van der Waals surface area contributed by atoms with E-state index in [1.165, 1.54) is 11.6 Å². The summed E-state index contributed by atoms with van der Waals surface area (Å²) in [5, 5.41) is 17.1. The third-order valence-corrected chi connectivity index (χ3v) is 4.56. The maximum absolute atomic E-state index is 13.1. The quantitative estimate of drug-likeness (QED) is 0.451. The van der Waals surface area contributed by atoms with Gasteiger partial charge in [-0.2, -0.15) is 0 Å². The molecule has 1 aromatic carbocycles. The van der Waals surface area contributed by atoms with Crippen LogP contribution in [0.15, 0.2) is 30.3 Å². The molecular formula is C23H34N6O6. The number of ether oxygens (including phenoxy) is 3. The molecule has 0 aliphatic rings. The topological polar surface area (TPSA) is 147 Å². The van der Waals surface area contributed by atoms with Gasteiger partial charge in [0.1, 0.15) is 23.8 Å². The predicted octanol–water partition coefficient (Wildman–Crippen LogP) is 1.91. The summed E-state index contributed by atoms with van der Waals surface area (Å²) in [6.45, 7) is 10.2. The first-order valence-corrected chi connectivity index (χ1v) is 11.2. The molecular weight excluding hydrogens is 456 g/mol. The highest BCUT2D eigenvalue weighted by Crippen LogP contribution is 2.15. The van der Waals surface area contributed by atoms with Gasteiger partial charge in [0.2, 0.25) is 5.91 Å². The van der Waals surface area contributed by atoms with E-state index in [0.29, 0.717) is 12.4 Å². The zero-order chi connectivity index (χ0) is 26.1. The van der Waals surface area contributed by atoms with Crippen LogP contribution in [0.25, 0.3) is 0 Å². The molecule has 0 aliphatic heterocycles. The van der Waals surface area contributed by atoms with Crippen LogP contribution in [0.4, 0.5) is 4.79 Å². The highest BCUT2D eigenvalue weighted by Gasteiger charge is 2.34. The third-order valence-electron chi connectivity index (χ3n) is 4.56. The number of hydrogen-bond acceptors (Lipinski definition) is 9. The first-order valence-electron chi connectivity index (χ1n) is 11.2. The standard InChI is InChI=1S/C23H34N6O6/c1-16(30)34-13-12-29-19(26-27-28-29)18(15-33-14-17-10-8-7-9-11-17)24-20(31)23(5,6)25-21(32)35-22(2,3)4/h7-11,18H,12-15H2,1-6H3,(H,24,31)(H,25,32)/t18-/m1/s1. The van der Waals surface area contributed by atoms with Gasteiger partial charge in [-0.15, -0.1) is 5.10 Å². The second kappa shape index (κ2) is 12.2. The lowest BCUT2D eigenvalue weighted by Gasteiger charge is -2.29. The van der Waals surface area contributed by atoms with Crippen LogP contribution in [0.2, 0.25) is 0 Å². The number of alkyl carbamates (subject to hydrolysis) is 1. The van der Waals surface area contributed by atoms with Crippen molar-refractivity contribution < 1.29 is 28.6 Å². The number of aromatic nitrogens is 4. The van der Waals surface area contributed by atoms with Gasteiger partial charge in [0.05, 0.1) is 19.8 Å². The average molecular weight is 491 g/mol. The maximum Gasteiger partial charge on any atom is 0.408 e. The number of nitrogens with zero attached hydrogens (tertiary/aromatic N) is 4. The number of nitrogens with one attached hydrogen (secondary N) is 2. The highest BCUT2D eigenvalue weighted by atomic mass is 16.6. The smallest absolute Gasteiger partial charge is 0.408 e. The number of amides is 2. The Labute approximate surface area is 204 Å². The molecule has 192 valence electrons. The second-order valence-electron chi connectivity index (χ2n) is 9.38. The van der Waals surface area contributed by atoms with Gasteiger partial charge in [0.25, 0.3) is 0 Å². The second-order valence-corrected chi connectivity index (χ2v) is 9.38. The summed E-state index contributed by atoms with van der Waals surface area (Å²) in [6.07, 6.45) is -0.722. The number of hydrogen-bond donors (Lipinski definition) is 2. The number of rotatable bonds is 11. The molecule has 0 saturated heterocycles. The Kier molecular flexibility index (Phi) is 9.69. The van der Waals surface area contributed by atoms with E-state index in [2.05, 4.69) is 26.2 Å². The van der Waals surface area contributed by atoms with Gasteiger partial charge in [-0.25, -0.2) is 9.48 Å². The van der Waals surface area contributed by atoms with E-state index >= 15 is 0 Å². The fraction of sp³-hybridized carbons (Fsp3) is 0.565. The van der Waals surface area contributed by atoms with Crippen molar-refractivity contribution in [2.24, 2.45) is 0 Å². The Balaban J connectivity index is 2.14. The highest BCUT2D eigenvalue weighted by molar-refractivity contribution is 5.89. The van der Waals surface area contributed by atoms with Crippen molar-refractivity contribution in [2.45, 2.75) is 71.9 Å². The van der Waals surface area contributed by atoms with E-state index in [4.69, 9.17) is 14.2 Å². The van der Waals surface area contributed by atoms with Crippen LogP contribution >= 0.6 is 0 Å². The molecule has 1 atom stereocenters. The first kappa shape index (κ1) is 27.7. The molecule has 1 heterocycles. The van der Waals surface area contributed by atoms with E-state index < -0.39 is 35.2 Å². The fourth-order valence-corrected chi connectivity index (χ4v) is 2.90. The van der Waals surface area contributed by atoms with E-state index in [1.807, 2.05) is 30.3 Å². The lowest BCUT2D eigenvalue weighted by Crippen LogP contribution is -2.56. The van der Waals surface area contributed by atoms with Gasteiger partial charge in [-0.05, 0) is 50.6 Å². The summed E-state index contributed by atoms with van der Waals surface area (Å²) < 4.78 is 17.5. The molecule has 2 rings (SSSR count). The lowest BCUT2D eigenvalue weighted by molar-refractivity contribution is -0.141. The minimum absolute atomic E-state index is 0.0527. The van der Waals surface area contributed by atoms with E-state index in [9.17, 15) is 14.4 Å². The molecule has 0 aliphatic carbocycles. The molecule has 2 N–H and O–H groups in total. The molecule has 35 heavy (non-hydrogen) atoms. The van der Waals surface area contributed by atoms with Crippen LogP contribution in [-0.4, -0.2) is 62.5 Å². The molecule has 1 aromatic heterocycles. The number of esters is 1. The Morgan fingerprint density at radius 3 is 2.40 bits per heavy atom. The molecule has 12 nitrogen and oxygen atoms in total. The van der Waals surface area contributed by atoms with Gasteiger partial charge in [-0.3, -0.25) is 9.59 Å². The molecule has 0 bridgehead atoms. The number of tetrazole rings is 1. The van der Waals surface area contributed by atoms with Gasteiger partial charge in [-0.1, -0.05) is 30.3 Å². The monoisotopic (exact) mass is 490 g/mol. The Morgan fingerprint density at radius 1 is 1.09 bits per heavy atom. The fourth-order valence-electron chi connectivity index (χ4n) is 2.90. The predicted molar refractivity (Wildman–Crippen MR) is 125 cm³/mol. The maximum atomic E-state index is 13.1. The summed E-state index contributed by atoms with van der Waals surface area (Å²) in [5.74, 6) is -0.608. The summed E-state index contributed by atoms with van der Waals surface area (Å²) >= 11 is 0. The Hall–Kier alpha value is -3.54. The normalized spacial score (nSPS) is 12.5. The van der Waals surface area contributed by atoms with E-state index in [-0.39, 0.29) is 19.8 Å². The number of benzene rings is 1. The molecule has 0 saturated carbocycles. The largest absolute Gasteiger partial charge is 0.464 e. The molecule has 12 heteroatoms. The molecule has 0 fully saturated rings. The average Bonchev–Trinajstić information content (AvgIpc) is 3.20. The van der Waals surface area contributed by atoms with Crippen molar-refractivity contribution in [1.29, 1.82) is 0 Å². The number of carbonyl (C=O) groups is 3. The van der Waals surface area contributed by atoms with Crippen LogP contribution in [-0.2, 0) is 37.0 Å². The molecule has 0 spiro atoms. The summed E-state index contributed by atoms with van der Waals surface area (Å²) in [7, 11) is 0. The molecule has 0 radical (unpaired) electrons. The Bertz CT molecular complexity index is 986. The van der Waals surface area contributed by atoms with Crippen LogP contribution < -0.4 is 10.6 Å². The Morgan fingerprint density at radius 2 is 1.77 bits per heavy atom. The van der Waals surface area contributed by atoms with Gasteiger partial charge < -0.3 is 24.8 Å². The zero-order valence-corrected chi connectivity index (χ0v) is 21.0. The van der Waals surface area contributed by atoms with Gasteiger partial charge >= 0.3 is 12.1 Å². The van der Waals surface area contributed by atoms with Crippen molar-refractivity contribution >= 4 is 18.0 Å². The lowest BCUT2D eigenvalue weighted by atomic mass is 10.0. The van der Waals surface area contributed by atoms with Gasteiger partial charge in [0, 0.05) is 6.92 Å². The minimum atomic E-state index is -1.31. The molecule has 2 amide bonds. The van der Waals surface area contributed by atoms with Crippen LogP contribution in [0.3, 0.4) is 0 Å². The van der Waals surface area contributed by atoms with Crippen molar-refractivity contribution in [3.05, 3.63) is 41.7 Å². The zero-order valence-electron chi connectivity index (χ0n) is 21.0. The molecule has 2 aromatic rings. The van der Waals surface area contributed by atoms with E-state index in [0.717, 1.165) is 5.56 Å². The summed E-state index contributed by atoms with van der Waals surface area (Å²) in [5.41, 5.74) is -1.07. The van der Waals surface area contributed by atoms with Crippen molar-refractivity contribution in [2.75, 3.05) is 13.2 Å². The summed E-state index contributed by atoms with van der Waals surface area (Å²) in [4.78, 5) is 36.5. The van der Waals surface area contributed by atoms with Crippen molar-refractivity contribution in [3.8, 4) is 0 Å². The van der Waals surface area contributed by atoms with Gasteiger partial charge in [0.15, 0.2) is 5.82 Å². The summed E-state index contributed by atoms with van der Waals surface area (Å²) in [6, 6.07) is 8.80. The van der Waals surface area contributed by atoms with E-state index in [1.54, 1.807) is 34.6 Å². The van der Waals surface area contributed by atoms with Crippen molar-refractivity contribution in [3.63, 3.8) is 0 Å². The molecule has 0 unspecified atom stereocenters. The van der Waals surface area contributed by atoms with Crippen molar-refractivity contribution in [1.82, 2.24) is 30.8 Å². The van der Waals surface area contributed by atoms with Crippen LogP contribution in [0.1, 0.15) is 59.0 Å². The third kappa shape index (κ3) is 9.69. The van der Waals surface area contributed by atoms with Crippen LogP contribution in [0, 0.1) is 0 Å².